The highest BCUT2D eigenvalue weighted by molar-refractivity contribution is 7.89. The zero-order valence-electron chi connectivity index (χ0n) is 22.6. The van der Waals surface area contributed by atoms with E-state index in [1.807, 2.05) is 0 Å². The van der Waals surface area contributed by atoms with Gasteiger partial charge in [-0.15, -0.1) is 0 Å². The molecule has 2 heterocycles. The first-order valence-corrected chi connectivity index (χ1v) is 14.9. The molecule has 0 radical (unpaired) electrons. The Morgan fingerprint density at radius 1 is 1.18 bits per heavy atom. The molecular formula is C26H35FN6O6S. The molecule has 1 fully saturated rings. The van der Waals surface area contributed by atoms with Gasteiger partial charge in [0.2, 0.25) is 16.0 Å². The van der Waals surface area contributed by atoms with Crippen LogP contribution >= 0.6 is 0 Å². The molecular weight excluding hydrogens is 543 g/mol. The Balaban J connectivity index is 1.19. The minimum atomic E-state index is -3.91. The maximum atomic E-state index is 14.8. The topological polar surface area (TPSA) is 161 Å². The Bertz CT molecular complexity index is 1330. The molecule has 218 valence electrons. The van der Waals surface area contributed by atoms with Crippen molar-refractivity contribution in [1.29, 1.82) is 0 Å². The number of carbonyl (C=O) groups excluding carboxylic acids is 2. The van der Waals surface area contributed by atoms with Gasteiger partial charge in [-0.05, 0) is 70.6 Å². The van der Waals surface area contributed by atoms with Crippen LogP contribution < -0.4 is 25.4 Å². The monoisotopic (exact) mass is 578 g/mol. The van der Waals surface area contributed by atoms with Crippen molar-refractivity contribution in [3.8, 4) is 5.75 Å². The highest BCUT2D eigenvalue weighted by Gasteiger charge is 2.36. The van der Waals surface area contributed by atoms with E-state index in [0.717, 1.165) is 51.0 Å². The molecule has 1 aromatic carbocycles. The van der Waals surface area contributed by atoms with E-state index in [4.69, 9.17) is 9.47 Å². The van der Waals surface area contributed by atoms with Gasteiger partial charge in [-0.1, -0.05) is 12.8 Å². The quantitative estimate of drug-likeness (QED) is 0.273. The molecule has 0 unspecified atom stereocenters. The molecule has 2 aromatic rings. The van der Waals surface area contributed by atoms with Gasteiger partial charge in [0.05, 0.1) is 16.8 Å². The van der Waals surface area contributed by atoms with Gasteiger partial charge in [-0.2, -0.15) is 4.98 Å². The van der Waals surface area contributed by atoms with E-state index < -0.39 is 21.4 Å². The van der Waals surface area contributed by atoms with Crippen LogP contribution in [0.25, 0.3) is 0 Å². The summed E-state index contributed by atoms with van der Waals surface area (Å²) in [7, 11) is -3.91. The number of amides is 2. The van der Waals surface area contributed by atoms with E-state index in [2.05, 4.69) is 30.6 Å². The van der Waals surface area contributed by atoms with Gasteiger partial charge in [0.1, 0.15) is 11.9 Å². The molecule has 40 heavy (non-hydrogen) atoms. The number of carbonyl (C=O) groups is 2. The Morgan fingerprint density at radius 3 is 2.62 bits per heavy atom. The third-order valence-electron chi connectivity index (χ3n) is 6.64. The lowest BCUT2D eigenvalue weighted by Crippen LogP contribution is -2.46. The summed E-state index contributed by atoms with van der Waals surface area (Å²) >= 11 is 0. The lowest BCUT2D eigenvalue weighted by molar-refractivity contribution is -0.129. The fourth-order valence-electron chi connectivity index (χ4n) is 4.34. The van der Waals surface area contributed by atoms with Gasteiger partial charge in [0.25, 0.3) is 5.91 Å². The van der Waals surface area contributed by atoms with Crippen molar-refractivity contribution in [1.82, 2.24) is 20.0 Å². The number of hydrogen-bond donors (Lipinski definition) is 4. The van der Waals surface area contributed by atoms with E-state index in [9.17, 15) is 22.4 Å². The van der Waals surface area contributed by atoms with Crippen molar-refractivity contribution in [3.63, 3.8) is 0 Å². The molecule has 0 spiro atoms. The van der Waals surface area contributed by atoms with Crippen molar-refractivity contribution in [3.05, 3.63) is 30.2 Å². The number of ether oxygens (including phenoxy) is 2. The number of nitrogens with zero attached hydrogens (tertiary/aromatic N) is 2. The molecule has 4 rings (SSSR count). The lowest BCUT2D eigenvalue weighted by Gasteiger charge is -2.30. The van der Waals surface area contributed by atoms with Gasteiger partial charge in [-0.25, -0.2) is 27.3 Å². The van der Waals surface area contributed by atoms with E-state index in [1.54, 1.807) is 13.8 Å². The molecule has 1 aliphatic carbocycles. The normalized spacial score (nSPS) is 16.5. The largest absolute Gasteiger partial charge is 0.472 e. The van der Waals surface area contributed by atoms with Crippen LogP contribution in [0.2, 0.25) is 0 Å². The standard InChI is InChI=1S/C26H35FN6O6S/c1-26(2)23(34)32-22-21(39-26)16-29-24(33-22)31-20-12-11-18(15-19(20)27)40(36,37)30-14-8-4-3-7-13-28-25(35)38-17-9-5-6-10-17/h11-12,15-17,30H,3-10,13-14H2,1-2H3,(H,28,35)(H2,29,31,32,33,34). The second-order valence-corrected chi connectivity index (χ2v) is 12.1. The second kappa shape index (κ2) is 12.8. The van der Waals surface area contributed by atoms with E-state index in [0.29, 0.717) is 13.0 Å². The summed E-state index contributed by atoms with van der Waals surface area (Å²) < 4.78 is 53.4. The number of fused-ring (bicyclic) bond motifs is 1. The summed E-state index contributed by atoms with van der Waals surface area (Å²) in [4.78, 5) is 31.8. The number of rotatable bonds is 12. The molecule has 1 aliphatic heterocycles. The third-order valence-corrected chi connectivity index (χ3v) is 8.10. The van der Waals surface area contributed by atoms with Crippen LogP contribution in [0.1, 0.15) is 65.2 Å². The summed E-state index contributed by atoms with van der Waals surface area (Å²) in [5.74, 6) is -0.783. The fraction of sp³-hybridized carbons (Fsp3) is 0.538. The molecule has 14 heteroatoms. The molecule has 1 aromatic heterocycles. The highest BCUT2D eigenvalue weighted by atomic mass is 32.2. The third kappa shape index (κ3) is 7.78. The molecule has 0 bridgehead atoms. The van der Waals surface area contributed by atoms with Crippen LogP contribution in [0.4, 0.5) is 26.6 Å². The van der Waals surface area contributed by atoms with E-state index in [-0.39, 0.29) is 52.7 Å². The average molecular weight is 579 g/mol. The van der Waals surface area contributed by atoms with Crippen LogP contribution in [-0.4, -0.2) is 55.2 Å². The minimum Gasteiger partial charge on any atom is -0.472 e. The van der Waals surface area contributed by atoms with Crippen LogP contribution in [0.15, 0.2) is 29.3 Å². The number of sulfonamides is 1. The molecule has 0 saturated heterocycles. The zero-order chi connectivity index (χ0) is 28.8. The van der Waals surface area contributed by atoms with Crippen molar-refractivity contribution < 1.29 is 31.9 Å². The molecule has 12 nitrogen and oxygen atoms in total. The SMILES string of the molecule is CC1(C)Oc2cnc(Nc3ccc(S(=O)(=O)NCCCCCCNC(=O)OC4CCCC4)cc3F)nc2NC1=O. The number of halogens is 1. The number of nitrogens with one attached hydrogen (secondary N) is 4. The number of hydrogen-bond acceptors (Lipinski definition) is 9. The van der Waals surface area contributed by atoms with Crippen LogP contribution in [0.5, 0.6) is 5.75 Å². The molecule has 2 aliphatic rings. The Kier molecular flexibility index (Phi) is 9.40. The number of unbranched alkanes of at least 4 members (excludes halogenated alkanes) is 3. The average Bonchev–Trinajstić information content (AvgIpc) is 3.40. The van der Waals surface area contributed by atoms with E-state index in [1.165, 1.54) is 18.3 Å². The number of anilines is 3. The van der Waals surface area contributed by atoms with Gasteiger partial charge in [0.15, 0.2) is 17.2 Å². The van der Waals surface area contributed by atoms with Gasteiger partial charge in [0, 0.05) is 13.1 Å². The summed E-state index contributed by atoms with van der Waals surface area (Å²) in [5.41, 5.74) is -1.11. The summed E-state index contributed by atoms with van der Waals surface area (Å²) in [5, 5.41) is 8.05. The van der Waals surface area contributed by atoms with Crippen LogP contribution in [0, 0.1) is 5.82 Å². The van der Waals surface area contributed by atoms with Crippen LogP contribution in [-0.2, 0) is 19.6 Å². The van der Waals surface area contributed by atoms with Crippen molar-refractivity contribution in [2.75, 3.05) is 23.7 Å². The first-order valence-electron chi connectivity index (χ1n) is 13.4. The first kappa shape index (κ1) is 29.5. The first-order chi connectivity index (χ1) is 19.0. The van der Waals surface area contributed by atoms with Crippen molar-refractivity contribution in [2.45, 2.75) is 81.8 Å². The highest BCUT2D eigenvalue weighted by Crippen LogP contribution is 2.32. The molecule has 1 saturated carbocycles. The van der Waals surface area contributed by atoms with Gasteiger partial charge >= 0.3 is 6.09 Å². The lowest BCUT2D eigenvalue weighted by atomic mass is 10.1. The number of alkyl carbamates (subject to hydrolysis) is 1. The Morgan fingerprint density at radius 2 is 1.90 bits per heavy atom. The maximum absolute atomic E-state index is 14.8. The van der Waals surface area contributed by atoms with Crippen LogP contribution in [0.3, 0.4) is 0 Å². The van der Waals surface area contributed by atoms with E-state index >= 15 is 0 Å². The predicted molar refractivity (Wildman–Crippen MR) is 145 cm³/mol. The Hall–Kier alpha value is -3.52. The summed E-state index contributed by atoms with van der Waals surface area (Å²) in [6.07, 6.45) is 8.01. The number of benzene rings is 1. The Labute approximate surface area is 232 Å². The van der Waals surface area contributed by atoms with Crippen molar-refractivity contribution >= 4 is 39.5 Å². The zero-order valence-corrected chi connectivity index (χ0v) is 23.4. The smallest absolute Gasteiger partial charge is 0.407 e. The maximum Gasteiger partial charge on any atom is 0.407 e. The summed E-state index contributed by atoms with van der Waals surface area (Å²) in [6.45, 7) is 3.92. The predicted octanol–water partition coefficient (Wildman–Crippen LogP) is 3.98. The minimum absolute atomic E-state index is 0.00380. The molecule has 4 N–H and O–H groups in total. The number of aromatic nitrogens is 2. The second-order valence-electron chi connectivity index (χ2n) is 10.3. The van der Waals surface area contributed by atoms with Gasteiger partial charge in [-0.3, -0.25) is 4.79 Å². The van der Waals surface area contributed by atoms with Gasteiger partial charge < -0.3 is 25.4 Å². The van der Waals surface area contributed by atoms with Crippen molar-refractivity contribution in [2.24, 2.45) is 0 Å². The molecule has 2 amide bonds. The summed E-state index contributed by atoms with van der Waals surface area (Å²) in [6, 6.07) is 3.46. The fourth-order valence-corrected chi connectivity index (χ4v) is 5.43. The molecule has 0 atom stereocenters.